The van der Waals surface area contributed by atoms with E-state index in [1.54, 1.807) is 7.11 Å². The summed E-state index contributed by atoms with van der Waals surface area (Å²) >= 11 is 3.34. The Hall–Kier alpha value is -1.03. The van der Waals surface area contributed by atoms with Crippen molar-refractivity contribution in [3.8, 4) is 5.75 Å². The van der Waals surface area contributed by atoms with E-state index in [-0.39, 0.29) is 5.97 Å². The number of esters is 1. The fourth-order valence-corrected chi connectivity index (χ4v) is 1.66. The Labute approximate surface area is 110 Å². The molecular formula is C13H17BrO3. The fraction of sp³-hybridized carbons (Fsp3) is 0.462. The Morgan fingerprint density at radius 2 is 1.76 bits per heavy atom. The van der Waals surface area contributed by atoms with Gasteiger partial charge in [0, 0.05) is 0 Å². The van der Waals surface area contributed by atoms with Crippen molar-refractivity contribution in [1.82, 2.24) is 0 Å². The molecule has 0 fully saturated rings. The maximum absolute atomic E-state index is 11.8. The van der Waals surface area contributed by atoms with Gasteiger partial charge in [-0.05, 0) is 38.5 Å². The van der Waals surface area contributed by atoms with Gasteiger partial charge in [-0.2, -0.15) is 0 Å². The van der Waals surface area contributed by atoms with Crippen molar-refractivity contribution < 1.29 is 14.3 Å². The number of benzene rings is 1. The number of hydrogen-bond donors (Lipinski definition) is 0. The van der Waals surface area contributed by atoms with Gasteiger partial charge in [0.15, 0.2) is 0 Å². The molecule has 94 valence electrons. The lowest BCUT2D eigenvalue weighted by molar-refractivity contribution is -0.154. The molecule has 1 rings (SSSR count). The number of carbonyl (C=O) groups is 1. The van der Waals surface area contributed by atoms with Gasteiger partial charge >= 0.3 is 5.97 Å². The van der Waals surface area contributed by atoms with Gasteiger partial charge in [0.25, 0.3) is 0 Å². The molecule has 17 heavy (non-hydrogen) atoms. The molecule has 0 bridgehead atoms. The second-order valence-corrected chi connectivity index (χ2v) is 5.58. The summed E-state index contributed by atoms with van der Waals surface area (Å²) in [6.45, 7) is 5.54. The van der Waals surface area contributed by atoms with Crippen LogP contribution < -0.4 is 4.74 Å². The zero-order valence-corrected chi connectivity index (χ0v) is 12.1. The number of ether oxygens (including phenoxy) is 2. The average molecular weight is 301 g/mol. The number of alkyl halides is 1. The predicted molar refractivity (Wildman–Crippen MR) is 70.5 cm³/mol. The molecular weight excluding hydrogens is 284 g/mol. The topological polar surface area (TPSA) is 35.5 Å². The zero-order chi connectivity index (χ0) is 13.1. The first-order chi connectivity index (χ1) is 7.83. The Morgan fingerprint density at radius 1 is 1.24 bits per heavy atom. The molecule has 0 saturated heterocycles. The molecule has 1 atom stereocenters. The largest absolute Gasteiger partial charge is 0.497 e. The highest BCUT2D eigenvalue weighted by Gasteiger charge is 2.24. The van der Waals surface area contributed by atoms with Crippen LogP contribution >= 0.6 is 15.9 Å². The van der Waals surface area contributed by atoms with E-state index in [0.29, 0.717) is 0 Å². The Morgan fingerprint density at radius 3 is 2.18 bits per heavy atom. The number of hydrogen-bond acceptors (Lipinski definition) is 3. The molecule has 4 heteroatoms. The van der Waals surface area contributed by atoms with Crippen LogP contribution in [0.5, 0.6) is 5.75 Å². The second-order valence-electron chi connectivity index (χ2n) is 4.67. The van der Waals surface area contributed by atoms with Gasteiger partial charge in [-0.15, -0.1) is 0 Å². The maximum atomic E-state index is 11.8. The normalized spacial score (nSPS) is 13.0. The van der Waals surface area contributed by atoms with Gasteiger partial charge in [0.2, 0.25) is 0 Å². The molecule has 0 amide bonds. The fourth-order valence-electron chi connectivity index (χ4n) is 1.26. The van der Waals surface area contributed by atoms with Crippen LogP contribution in [-0.4, -0.2) is 18.7 Å². The van der Waals surface area contributed by atoms with E-state index in [1.807, 2.05) is 45.0 Å². The second kappa shape index (κ2) is 5.54. The summed E-state index contributed by atoms with van der Waals surface area (Å²) in [5, 5.41) is 0. The molecule has 0 aliphatic carbocycles. The lowest BCUT2D eigenvalue weighted by atomic mass is 10.1. The Balaban J connectivity index is 2.74. The Kier molecular flexibility index (Phi) is 4.57. The van der Waals surface area contributed by atoms with E-state index in [2.05, 4.69) is 15.9 Å². The summed E-state index contributed by atoms with van der Waals surface area (Å²) in [5.41, 5.74) is 0.371. The maximum Gasteiger partial charge on any atom is 0.324 e. The van der Waals surface area contributed by atoms with Crippen LogP contribution in [0.4, 0.5) is 0 Å². The van der Waals surface area contributed by atoms with Crippen LogP contribution in [0.1, 0.15) is 31.2 Å². The van der Waals surface area contributed by atoms with Crippen LogP contribution in [0.25, 0.3) is 0 Å². The summed E-state index contributed by atoms with van der Waals surface area (Å²) < 4.78 is 10.4. The van der Waals surface area contributed by atoms with E-state index in [4.69, 9.17) is 9.47 Å². The van der Waals surface area contributed by atoms with Crippen LogP contribution in [0.15, 0.2) is 24.3 Å². The van der Waals surface area contributed by atoms with E-state index in [0.717, 1.165) is 11.3 Å². The zero-order valence-electron chi connectivity index (χ0n) is 10.5. The van der Waals surface area contributed by atoms with Crippen molar-refractivity contribution in [3.63, 3.8) is 0 Å². The van der Waals surface area contributed by atoms with Crippen molar-refractivity contribution in [2.45, 2.75) is 31.2 Å². The van der Waals surface area contributed by atoms with Gasteiger partial charge in [0.05, 0.1) is 7.11 Å². The number of rotatable bonds is 3. The molecule has 0 N–H and O–H groups in total. The summed E-state index contributed by atoms with van der Waals surface area (Å²) in [6, 6.07) is 7.30. The summed E-state index contributed by atoms with van der Waals surface area (Å²) in [4.78, 5) is 11.4. The summed E-state index contributed by atoms with van der Waals surface area (Å²) in [6.07, 6.45) is 0. The van der Waals surface area contributed by atoms with Gasteiger partial charge in [0.1, 0.15) is 16.2 Å². The number of methoxy groups -OCH3 is 1. The first-order valence-corrected chi connectivity index (χ1v) is 6.26. The lowest BCUT2D eigenvalue weighted by Crippen LogP contribution is -2.25. The molecule has 0 spiro atoms. The van der Waals surface area contributed by atoms with Crippen LogP contribution in [-0.2, 0) is 9.53 Å². The smallest absolute Gasteiger partial charge is 0.324 e. The van der Waals surface area contributed by atoms with Gasteiger partial charge in [-0.3, -0.25) is 4.79 Å². The SMILES string of the molecule is COc1ccc(C(Br)C(=O)OC(C)(C)C)cc1. The molecule has 0 aromatic heterocycles. The predicted octanol–water partition coefficient (Wildman–Crippen LogP) is 3.47. The minimum absolute atomic E-state index is 0.289. The van der Waals surface area contributed by atoms with E-state index in [1.165, 1.54) is 0 Å². The average Bonchev–Trinajstić information content (AvgIpc) is 2.26. The van der Waals surface area contributed by atoms with Gasteiger partial charge in [-0.25, -0.2) is 0 Å². The first-order valence-electron chi connectivity index (χ1n) is 5.34. The van der Waals surface area contributed by atoms with Gasteiger partial charge in [-0.1, -0.05) is 28.1 Å². The summed E-state index contributed by atoms with van der Waals surface area (Å²) in [5.74, 6) is 0.473. The monoisotopic (exact) mass is 300 g/mol. The highest BCUT2D eigenvalue weighted by molar-refractivity contribution is 9.09. The third-order valence-corrected chi connectivity index (χ3v) is 2.92. The molecule has 3 nitrogen and oxygen atoms in total. The van der Waals surface area contributed by atoms with Crippen molar-refractivity contribution in [3.05, 3.63) is 29.8 Å². The first kappa shape index (κ1) is 14.0. The molecule has 1 aromatic carbocycles. The molecule has 0 saturated carbocycles. The highest BCUT2D eigenvalue weighted by Crippen LogP contribution is 2.27. The molecule has 1 unspecified atom stereocenters. The standard InChI is InChI=1S/C13H17BrO3/c1-13(2,3)17-12(15)11(14)9-5-7-10(16-4)8-6-9/h5-8,11H,1-4H3. The lowest BCUT2D eigenvalue weighted by Gasteiger charge is -2.21. The van der Waals surface area contributed by atoms with Crippen molar-refractivity contribution >= 4 is 21.9 Å². The summed E-state index contributed by atoms with van der Waals surface area (Å²) in [7, 11) is 1.61. The van der Waals surface area contributed by atoms with E-state index in [9.17, 15) is 4.79 Å². The third-order valence-electron chi connectivity index (χ3n) is 2.02. The van der Waals surface area contributed by atoms with E-state index < -0.39 is 10.4 Å². The van der Waals surface area contributed by atoms with E-state index >= 15 is 0 Å². The third kappa shape index (κ3) is 4.38. The minimum Gasteiger partial charge on any atom is -0.497 e. The van der Waals surface area contributed by atoms with Crippen molar-refractivity contribution in [1.29, 1.82) is 0 Å². The molecule has 0 aliphatic rings. The van der Waals surface area contributed by atoms with Crippen molar-refractivity contribution in [2.75, 3.05) is 7.11 Å². The number of halogens is 1. The van der Waals surface area contributed by atoms with Crippen LogP contribution in [0.3, 0.4) is 0 Å². The van der Waals surface area contributed by atoms with Crippen LogP contribution in [0.2, 0.25) is 0 Å². The molecule has 1 aromatic rings. The molecule has 0 radical (unpaired) electrons. The quantitative estimate of drug-likeness (QED) is 0.633. The highest BCUT2D eigenvalue weighted by atomic mass is 79.9. The molecule has 0 aliphatic heterocycles. The van der Waals surface area contributed by atoms with Gasteiger partial charge < -0.3 is 9.47 Å². The minimum atomic E-state index is -0.477. The Bertz CT molecular complexity index is 379. The number of carbonyl (C=O) groups excluding carboxylic acids is 1. The molecule has 0 heterocycles. The van der Waals surface area contributed by atoms with Crippen molar-refractivity contribution in [2.24, 2.45) is 0 Å². The van der Waals surface area contributed by atoms with Crippen LogP contribution in [0, 0.1) is 0 Å².